The third kappa shape index (κ3) is 4.54. The van der Waals surface area contributed by atoms with E-state index in [9.17, 15) is 8.78 Å². The molecule has 1 aromatic rings. The van der Waals surface area contributed by atoms with Crippen LogP contribution in [-0.2, 0) is 6.54 Å². The molecule has 1 fully saturated rings. The van der Waals surface area contributed by atoms with E-state index in [1.807, 2.05) is 7.05 Å². The molecule has 0 radical (unpaired) electrons. The summed E-state index contributed by atoms with van der Waals surface area (Å²) in [6.07, 6.45) is 2.25. The average molecular weight is 300 g/mol. The monoisotopic (exact) mass is 300 g/mol. The number of nitrogens with one attached hydrogen (secondary N) is 1. The second-order valence-corrected chi connectivity index (χ2v) is 5.22. The average Bonchev–Trinajstić information content (AvgIpc) is 2.48. The fourth-order valence-corrected chi connectivity index (χ4v) is 2.67. The minimum atomic E-state index is -2.83. The third-order valence-corrected chi connectivity index (χ3v) is 3.80. The summed E-state index contributed by atoms with van der Waals surface area (Å²) >= 11 is 0. The lowest BCUT2D eigenvalue weighted by Crippen LogP contribution is -2.43. The zero-order chi connectivity index (χ0) is 15.2. The summed E-state index contributed by atoms with van der Waals surface area (Å²) in [6, 6.07) is 5.53. The van der Waals surface area contributed by atoms with Gasteiger partial charge in [-0.15, -0.1) is 0 Å². The maximum absolute atomic E-state index is 12.5. The molecule has 118 valence electrons. The van der Waals surface area contributed by atoms with Crippen LogP contribution < -0.4 is 14.8 Å². The van der Waals surface area contributed by atoms with Gasteiger partial charge in [0.05, 0.1) is 7.11 Å². The molecule has 1 heterocycles. The number of piperidine rings is 1. The molecular weight excluding hydrogens is 278 g/mol. The van der Waals surface area contributed by atoms with E-state index in [4.69, 9.17) is 4.74 Å². The first-order valence-corrected chi connectivity index (χ1v) is 7.13. The topological polar surface area (TPSA) is 33.7 Å². The highest BCUT2D eigenvalue weighted by Gasteiger charge is 2.20. The van der Waals surface area contributed by atoms with Crippen molar-refractivity contribution in [1.82, 2.24) is 10.2 Å². The third-order valence-electron chi connectivity index (χ3n) is 3.80. The minimum Gasteiger partial charge on any atom is -0.497 e. The summed E-state index contributed by atoms with van der Waals surface area (Å²) in [5.41, 5.74) is 0.757. The number of methoxy groups -OCH3 is 1. The molecule has 0 aromatic heterocycles. The van der Waals surface area contributed by atoms with Gasteiger partial charge < -0.3 is 14.8 Å². The summed E-state index contributed by atoms with van der Waals surface area (Å²) in [4.78, 5) is 2.25. The van der Waals surface area contributed by atoms with Crippen LogP contribution in [0.15, 0.2) is 18.2 Å². The molecule has 0 saturated carbocycles. The Kier molecular flexibility index (Phi) is 5.76. The molecule has 1 atom stereocenters. The number of alkyl halides is 2. The number of hydrogen-bond donors (Lipinski definition) is 1. The van der Waals surface area contributed by atoms with Crippen LogP contribution in [0.1, 0.15) is 18.4 Å². The fourth-order valence-electron chi connectivity index (χ4n) is 2.67. The quantitative estimate of drug-likeness (QED) is 0.875. The lowest BCUT2D eigenvalue weighted by molar-refractivity contribution is -0.0509. The summed E-state index contributed by atoms with van der Waals surface area (Å²) in [6.45, 7) is -0.346. The van der Waals surface area contributed by atoms with Crippen molar-refractivity contribution < 1.29 is 18.3 Å². The Morgan fingerprint density at radius 3 is 2.90 bits per heavy atom. The van der Waals surface area contributed by atoms with E-state index in [-0.39, 0.29) is 5.75 Å². The van der Waals surface area contributed by atoms with Crippen molar-refractivity contribution >= 4 is 0 Å². The smallest absolute Gasteiger partial charge is 0.387 e. The number of nitrogens with zero attached hydrogens (tertiary/aromatic N) is 1. The second-order valence-electron chi connectivity index (χ2n) is 5.22. The lowest BCUT2D eigenvalue weighted by Gasteiger charge is -2.32. The Balaban J connectivity index is 2.10. The van der Waals surface area contributed by atoms with Crippen LogP contribution in [-0.4, -0.2) is 44.8 Å². The van der Waals surface area contributed by atoms with Crippen molar-refractivity contribution in [3.8, 4) is 11.5 Å². The first kappa shape index (κ1) is 16.0. The molecule has 1 aromatic carbocycles. The molecule has 2 rings (SSSR count). The number of halogens is 2. The van der Waals surface area contributed by atoms with Gasteiger partial charge in [-0.05, 0) is 32.5 Å². The van der Waals surface area contributed by atoms with E-state index in [1.165, 1.54) is 13.2 Å². The van der Waals surface area contributed by atoms with Crippen LogP contribution in [0.5, 0.6) is 11.5 Å². The van der Waals surface area contributed by atoms with Crippen LogP contribution in [0.25, 0.3) is 0 Å². The molecule has 1 aliphatic heterocycles. The largest absolute Gasteiger partial charge is 0.497 e. The molecule has 1 saturated heterocycles. The first-order valence-electron chi connectivity index (χ1n) is 7.13. The highest BCUT2D eigenvalue weighted by atomic mass is 19.3. The number of ether oxygens (including phenoxy) is 2. The van der Waals surface area contributed by atoms with Crippen molar-refractivity contribution in [2.24, 2.45) is 0 Å². The van der Waals surface area contributed by atoms with Gasteiger partial charge in [-0.2, -0.15) is 8.78 Å². The fraction of sp³-hybridized carbons (Fsp3) is 0.600. The molecule has 1 aliphatic rings. The van der Waals surface area contributed by atoms with Crippen molar-refractivity contribution in [1.29, 1.82) is 0 Å². The van der Waals surface area contributed by atoms with E-state index in [1.54, 1.807) is 12.1 Å². The first-order chi connectivity index (χ1) is 10.1. The summed E-state index contributed by atoms with van der Waals surface area (Å²) in [5.74, 6) is 0.706. The predicted molar refractivity (Wildman–Crippen MR) is 77.0 cm³/mol. The van der Waals surface area contributed by atoms with E-state index in [0.29, 0.717) is 18.3 Å². The van der Waals surface area contributed by atoms with Crippen LogP contribution >= 0.6 is 0 Å². The highest BCUT2D eigenvalue weighted by Crippen LogP contribution is 2.28. The van der Waals surface area contributed by atoms with E-state index >= 15 is 0 Å². The van der Waals surface area contributed by atoms with Gasteiger partial charge >= 0.3 is 6.61 Å². The van der Waals surface area contributed by atoms with Crippen LogP contribution in [0.3, 0.4) is 0 Å². The van der Waals surface area contributed by atoms with Crippen molar-refractivity contribution in [3.05, 3.63) is 23.8 Å². The van der Waals surface area contributed by atoms with Crippen molar-refractivity contribution in [2.75, 3.05) is 27.2 Å². The maximum atomic E-state index is 12.5. The Labute approximate surface area is 124 Å². The van der Waals surface area contributed by atoms with Crippen molar-refractivity contribution in [2.45, 2.75) is 32.0 Å². The molecule has 0 amide bonds. The van der Waals surface area contributed by atoms with Crippen LogP contribution in [0.4, 0.5) is 8.78 Å². The Morgan fingerprint density at radius 1 is 1.43 bits per heavy atom. The molecule has 0 spiro atoms. The molecule has 4 nitrogen and oxygen atoms in total. The second kappa shape index (κ2) is 7.56. The molecule has 21 heavy (non-hydrogen) atoms. The van der Waals surface area contributed by atoms with Crippen molar-refractivity contribution in [3.63, 3.8) is 0 Å². The highest BCUT2D eigenvalue weighted by molar-refractivity contribution is 5.40. The summed E-state index contributed by atoms with van der Waals surface area (Å²) in [7, 11) is 3.45. The van der Waals surface area contributed by atoms with E-state index < -0.39 is 6.61 Å². The van der Waals surface area contributed by atoms with Gasteiger partial charge in [0.1, 0.15) is 11.5 Å². The van der Waals surface area contributed by atoms with E-state index in [0.717, 1.165) is 31.5 Å². The van der Waals surface area contributed by atoms with Gasteiger partial charge in [-0.25, -0.2) is 0 Å². The minimum absolute atomic E-state index is 0.191. The number of rotatable bonds is 6. The molecule has 0 bridgehead atoms. The SMILES string of the molecule is CNC1CCCN(Cc2ccc(OC)cc2OC(F)F)C1. The van der Waals surface area contributed by atoms with Gasteiger partial charge in [0.25, 0.3) is 0 Å². The number of hydrogen-bond acceptors (Lipinski definition) is 4. The normalized spacial score (nSPS) is 19.8. The van der Waals surface area contributed by atoms with Gasteiger partial charge in [0.2, 0.25) is 0 Å². The van der Waals surface area contributed by atoms with Crippen LogP contribution in [0, 0.1) is 0 Å². The molecular formula is C15H22F2N2O2. The lowest BCUT2D eigenvalue weighted by atomic mass is 10.0. The summed E-state index contributed by atoms with van der Waals surface area (Å²) in [5, 5.41) is 3.27. The van der Waals surface area contributed by atoms with E-state index in [2.05, 4.69) is 15.0 Å². The summed E-state index contributed by atoms with van der Waals surface area (Å²) < 4.78 is 34.8. The molecule has 0 aliphatic carbocycles. The Morgan fingerprint density at radius 2 is 2.24 bits per heavy atom. The molecule has 6 heteroatoms. The Hall–Kier alpha value is -1.40. The van der Waals surface area contributed by atoms with Crippen LogP contribution in [0.2, 0.25) is 0 Å². The number of likely N-dealkylation sites (N-methyl/N-ethyl adjacent to an activating group) is 1. The van der Waals surface area contributed by atoms with Gasteiger partial charge in [-0.1, -0.05) is 6.07 Å². The van der Waals surface area contributed by atoms with Gasteiger partial charge in [-0.3, -0.25) is 4.90 Å². The van der Waals surface area contributed by atoms with Gasteiger partial charge in [0, 0.05) is 30.8 Å². The number of benzene rings is 1. The maximum Gasteiger partial charge on any atom is 0.387 e. The Bertz CT molecular complexity index is 457. The zero-order valence-electron chi connectivity index (χ0n) is 12.4. The molecule has 1 unspecified atom stereocenters. The van der Waals surface area contributed by atoms with Gasteiger partial charge in [0.15, 0.2) is 0 Å². The number of likely N-dealkylation sites (tertiary alicyclic amines) is 1. The predicted octanol–water partition coefficient (Wildman–Crippen LogP) is 2.48. The standard InChI is InChI=1S/C15H22F2N2O2/c1-18-12-4-3-7-19(10-12)9-11-5-6-13(20-2)8-14(11)21-15(16)17/h5-6,8,12,15,18H,3-4,7,9-10H2,1-2H3. The zero-order valence-corrected chi connectivity index (χ0v) is 12.4. The molecule has 1 N–H and O–H groups in total.